The van der Waals surface area contributed by atoms with E-state index in [-0.39, 0.29) is 12.1 Å². The smallest absolute Gasteiger partial charge is 0.410 e. The highest BCUT2D eigenvalue weighted by Crippen LogP contribution is 2.15. The number of nitrogens with one attached hydrogen (secondary N) is 1. The van der Waals surface area contributed by atoms with Gasteiger partial charge in [0.25, 0.3) is 0 Å². The van der Waals surface area contributed by atoms with Crippen molar-refractivity contribution in [1.82, 2.24) is 10.2 Å². The second kappa shape index (κ2) is 5.04. The first-order valence-electron chi connectivity index (χ1n) is 6.02. The largest absolute Gasteiger partial charge is 0.444 e. The molecule has 4 heteroatoms. The molecule has 1 saturated heterocycles. The molecule has 0 spiro atoms. The van der Waals surface area contributed by atoms with Crippen LogP contribution in [0.15, 0.2) is 0 Å². The third-order valence-corrected chi connectivity index (χ3v) is 2.70. The Balaban J connectivity index is 2.60. The van der Waals surface area contributed by atoms with Gasteiger partial charge in [-0.2, -0.15) is 0 Å². The molecule has 1 aliphatic heterocycles. The molecule has 0 radical (unpaired) electrons. The van der Waals surface area contributed by atoms with Gasteiger partial charge in [-0.25, -0.2) is 4.79 Å². The number of carbonyl (C=O) groups is 1. The maximum absolute atomic E-state index is 12.0. The van der Waals surface area contributed by atoms with E-state index in [1.807, 2.05) is 25.7 Å². The van der Waals surface area contributed by atoms with Gasteiger partial charge in [0.1, 0.15) is 5.60 Å². The van der Waals surface area contributed by atoms with Crippen molar-refractivity contribution < 1.29 is 9.53 Å². The summed E-state index contributed by atoms with van der Waals surface area (Å²) < 4.78 is 5.40. The van der Waals surface area contributed by atoms with Crippen LogP contribution in [-0.4, -0.2) is 41.8 Å². The van der Waals surface area contributed by atoms with Crippen molar-refractivity contribution in [2.24, 2.45) is 0 Å². The van der Waals surface area contributed by atoms with Crippen molar-refractivity contribution in [2.45, 2.75) is 58.7 Å². The lowest BCUT2D eigenvalue weighted by Gasteiger charge is -2.30. The summed E-state index contributed by atoms with van der Waals surface area (Å²) in [5.74, 6) is 0. The van der Waals surface area contributed by atoms with Crippen molar-refractivity contribution in [2.75, 3.05) is 13.1 Å². The third kappa shape index (κ3) is 4.00. The Kier molecular flexibility index (Phi) is 4.19. The summed E-state index contributed by atoms with van der Waals surface area (Å²) in [5.41, 5.74) is -0.415. The Bertz CT molecular complexity index is 248. The first-order chi connectivity index (χ1) is 7.29. The second-order valence-electron chi connectivity index (χ2n) is 5.61. The van der Waals surface area contributed by atoms with E-state index in [4.69, 9.17) is 4.74 Å². The SMILES string of the molecule is C[C@@H]1C[C@@H](C)N(C(=O)OC(C)(C)C)CCN1. The molecule has 1 amide bonds. The van der Waals surface area contributed by atoms with E-state index >= 15 is 0 Å². The van der Waals surface area contributed by atoms with Gasteiger partial charge >= 0.3 is 6.09 Å². The summed E-state index contributed by atoms with van der Waals surface area (Å²) in [6.07, 6.45) is 0.773. The predicted molar refractivity (Wildman–Crippen MR) is 64.5 cm³/mol. The van der Waals surface area contributed by atoms with Crippen LogP contribution in [0, 0.1) is 0 Å². The van der Waals surface area contributed by atoms with Crippen LogP contribution < -0.4 is 5.32 Å². The number of hydrogen-bond acceptors (Lipinski definition) is 3. The van der Waals surface area contributed by atoms with Crippen LogP contribution in [0.2, 0.25) is 0 Å². The molecule has 94 valence electrons. The number of hydrogen-bond donors (Lipinski definition) is 1. The molecule has 0 saturated carbocycles. The van der Waals surface area contributed by atoms with Crippen molar-refractivity contribution in [3.05, 3.63) is 0 Å². The fourth-order valence-corrected chi connectivity index (χ4v) is 1.97. The summed E-state index contributed by atoms with van der Waals surface area (Å²) >= 11 is 0. The molecule has 0 aromatic heterocycles. The molecule has 0 aromatic carbocycles. The molecule has 0 aromatic rings. The van der Waals surface area contributed by atoms with E-state index in [0.29, 0.717) is 6.04 Å². The third-order valence-electron chi connectivity index (χ3n) is 2.70. The molecule has 16 heavy (non-hydrogen) atoms. The molecule has 0 unspecified atom stereocenters. The zero-order valence-corrected chi connectivity index (χ0v) is 11.0. The average molecular weight is 228 g/mol. The van der Waals surface area contributed by atoms with E-state index in [0.717, 1.165) is 19.5 Å². The summed E-state index contributed by atoms with van der Waals surface area (Å²) in [7, 11) is 0. The van der Waals surface area contributed by atoms with Crippen LogP contribution in [0.1, 0.15) is 41.0 Å². The minimum Gasteiger partial charge on any atom is -0.444 e. The molecule has 1 fully saturated rings. The predicted octanol–water partition coefficient (Wildman–Crippen LogP) is 1.99. The molecule has 1 N–H and O–H groups in total. The molecule has 0 bridgehead atoms. The van der Waals surface area contributed by atoms with Crippen molar-refractivity contribution in [1.29, 1.82) is 0 Å². The molecule has 1 heterocycles. The minimum atomic E-state index is -0.415. The lowest BCUT2D eigenvalue weighted by atomic mass is 10.1. The lowest BCUT2D eigenvalue weighted by Crippen LogP contribution is -2.42. The fraction of sp³-hybridized carbons (Fsp3) is 0.917. The van der Waals surface area contributed by atoms with Crippen molar-refractivity contribution >= 4 is 6.09 Å². The zero-order chi connectivity index (χ0) is 12.3. The fourth-order valence-electron chi connectivity index (χ4n) is 1.97. The number of nitrogens with zero attached hydrogens (tertiary/aromatic N) is 1. The summed E-state index contributed by atoms with van der Waals surface area (Å²) in [6, 6.07) is 0.697. The number of ether oxygens (including phenoxy) is 1. The molecule has 4 nitrogen and oxygen atoms in total. The van der Waals surface area contributed by atoms with Gasteiger partial charge in [-0.05, 0) is 41.0 Å². The van der Waals surface area contributed by atoms with Gasteiger partial charge in [-0.1, -0.05) is 0 Å². The Labute approximate surface area is 98.3 Å². The van der Waals surface area contributed by atoms with Gasteiger partial charge in [0.2, 0.25) is 0 Å². The number of rotatable bonds is 0. The molecule has 2 atom stereocenters. The van der Waals surface area contributed by atoms with E-state index in [1.54, 1.807) is 0 Å². The minimum absolute atomic E-state index is 0.198. The normalized spacial score (nSPS) is 27.4. The van der Waals surface area contributed by atoms with Gasteiger partial charge in [-0.15, -0.1) is 0 Å². The number of amides is 1. The van der Waals surface area contributed by atoms with Gasteiger partial charge in [0, 0.05) is 25.2 Å². The number of carbonyl (C=O) groups excluding carboxylic acids is 1. The first-order valence-corrected chi connectivity index (χ1v) is 6.02. The second-order valence-corrected chi connectivity index (χ2v) is 5.61. The summed E-state index contributed by atoms with van der Waals surface area (Å²) in [4.78, 5) is 13.8. The molecule has 0 aliphatic carbocycles. The maximum Gasteiger partial charge on any atom is 0.410 e. The quantitative estimate of drug-likeness (QED) is 0.689. The van der Waals surface area contributed by atoms with Crippen LogP contribution in [-0.2, 0) is 4.74 Å². The van der Waals surface area contributed by atoms with Crippen molar-refractivity contribution in [3.63, 3.8) is 0 Å². The molecular weight excluding hydrogens is 204 g/mol. The Morgan fingerprint density at radius 2 is 2.00 bits per heavy atom. The Hall–Kier alpha value is -0.770. The van der Waals surface area contributed by atoms with Crippen LogP contribution in [0.4, 0.5) is 4.79 Å². The maximum atomic E-state index is 12.0. The topological polar surface area (TPSA) is 41.6 Å². The van der Waals surface area contributed by atoms with Gasteiger partial charge in [-0.3, -0.25) is 0 Å². The van der Waals surface area contributed by atoms with Gasteiger partial charge in [0.15, 0.2) is 0 Å². The zero-order valence-electron chi connectivity index (χ0n) is 11.0. The average Bonchev–Trinajstić information content (AvgIpc) is 2.23. The van der Waals surface area contributed by atoms with Crippen LogP contribution >= 0.6 is 0 Å². The Morgan fingerprint density at radius 3 is 2.56 bits per heavy atom. The van der Waals surface area contributed by atoms with E-state index in [1.165, 1.54) is 0 Å². The highest BCUT2D eigenvalue weighted by Gasteiger charge is 2.28. The molecule has 1 aliphatic rings. The van der Waals surface area contributed by atoms with E-state index in [2.05, 4.69) is 19.2 Å². The standard InChI is InChI=1S/C12H24N2O2/c1-9-8-10(2)14(7-6-13-9)11(15)16-12(3,4)5/h9-10,13H,6-8H2,1-5H3/t9-,10-/m1/s1. The highest BCUT2D eigenvalue weighted by molar-refractivity contribution is 5.68. The van der Waals surface area contributed by atoms with Gasteiger partial charge in [0.05, 0.1) is 0 Å². The van der Waals surface area contributed by atoms with E-state index < -0.39 is 5.60 Å². The van der Waals surface area contributed by atoms with Crippen LogP contribution in [0.3, 0.4) is 0 Å². The lowest BCUT2D eigenvalue weighted by molar-refractivity contribution is 0.0188. The van der Waals surface area contributed by atoms with Crippen LogP contribution in [0.5, 0.6) is 0 Å². The Morgan fingerprint density at radius 1 is 1.38 bits per heavy atom. The van der Waals surface area contributed by atoms with Gasteiger partial charge < -0.3 is 15.0 Å². The summed E-state index contributed by atoms with van der Waals surface area (Å²) in [5, 5.41) is 3.37. The highest BCUT2D eigenvalue weighted by atomic mass is 16.6. The van der Waals surface area contributed by atoms with Crippen molar-refractivity contribution in [3.8, 4) is 0 Å². The molecular formula is C12H24N2O2. The summed E-state index contributed by atoms with van der Waals surface area (Å²) in [6.45, 7) is 11.5. The van der Waals surface area contributed by atoms with Crippen LogP contribution in [0.25, 0.3) is 0 Å². The first kappa shape index (κ1) is 13.3. The molecule has 1 rings (SSSR count). The monoisotopic (exact) mass is 228 g/mol. The van der Waals surface area contributed by atoms with E-state index in [9.17, 15) is 4.79 Å².